The first-order valence-electron chi connectivity index (χ1n) is 9.78. The van der Waals surface area contributed by atoms with Gasteiger partial charge in [0, 0.05) is 19.2 Å². The van der Waals surface area contributed by atoms with Gasteiger partial charge in [-0.05, 0) is 46.7 Å². The van der Waals surface area contributed by atoms with Crippen molar-refractivity contribution in [2.45, 2.75) is 25.8 Å². The molecule has 0 saturated heterocycles. The molecule has 3 aromatic carbocycles. The van der Waals surface area contributed by atoms with Gasteiger partial charge in [-0.2, -0.15) is 0 Å². The van der Waals surface area contributed by atoms with Crippen molar-refractivity contribution in [2.24, 2.45) is 5.92 Å². The van der Waals surface area contributed by atoms with Crippen molar-refractivity contribution in [2.75, 3.05) is 6.54 Å². The van der Waals surface area contributed by atoms with E-state index < -0.39 is 0 Å². The first kappa shape index (κ1) is 17.5. The Morgan fingerprint density at radius 2 is 1.67 bits per heavy atom. The van der Waals surface area contributed by atoms with E-state index in [-0.39, 0.29) is 5.91 Å². The number of amides is 1. The van der Waals surface area contributed by atoms with E-state index in [0.717, 1.165) is 12.1 Å². The SMILES string of the molecule is O=C(C=Cc1cccc2ccccc12)N(Cc1ccccc1)CC1CCC1. The number of carbonyl (C=O) groups excluding carboxylic acids is 1. The van der Waals surface area contributed by atoms with Gasteiger partial charge in [-0.15, -0.1) is 0 Å². The summed E-state index contributed by atoms with van der Waals surface area (Å²) in [4.78, 5) is 15.0. The first-order valence-corrected chi connectivity index (χ1v) is 9.78. The lowest BCUT2D eigenvalue weighted by molar-refractivity contribution is -0.127. The summed E-state index contributed by atoms with van der Waals surface area (Å²) in [5, 5.41) is 2.38. The van der Waals surface area contributed by atoms with Crippen LogP contribution in [-0.2, 0) is 11.3 Å². The van der Waals surface area contributed by atoms with E-state index in [1.807, 2.05) is 47.4 Å². The molecule has 1 aliphatic rings. The molecule has 1 aliphatic carbocycles. The number of benzene rings is 3. The summed E-state index contributed by atoms with van der Waals surface area (Å²) in [5.74, 6) is 0.752. The van der Waals surface area contributed by atoms with Gasteiger partial charge in [0.05, 0.1) is 0 Å². The van der Waals surface area contributed by atoms with Crippen LogP contribution in [0.15, 0.2) is 78.9 Å². The maximum Gasteiger partial charge on any atom is 0.246 e. The first-order chi connectivity index (χ1) is 13.3. The van der Waals surface area contributed by atoms with Crippen LogP contribution in [0.25, 0.3) is 16.8 Å². The quantitative estimate of drug-likeness (QED) is 0.521. The molecule has 0 radical (unpaired) electrons. The Morgan fingerprint density at radius 3 is 2.44 bits per heavy atom. The second-order valence-electron chi connectivity index (χ2n) is 7.40. The molecule has 136 valence electrons. The fraction of sp³-hybridized carbons (Fsp3) is 0.240. The van der Waals surface area contributed by atoms with Gasteiger partial charge in [-0.3, -0.25) is 4.79 Å². The molecular weight excluding hydrogens is 330 g/mol. The molecule has 2 heteroatoms. The standard InChI is InChI=1S/C25H25NO/c27-25(17-16-23-14-7-13-22-12-4-5-15-24(22)23)26(19-21-10-6-11-21)18-20-8-2-1-3-9-20/h1-5,7-9,12-17,21H,6,10-11,18-19H2. The Morgan fingerprint density at radius 1 is 0.926 bits per heavy atom. The average molecular weight is 355 g/mol. The molecular formula is C25H25NO. The number of hydrogen-bond acceptors (Lipinski definition) is 1. The zero-order chi connectivity index (χ0) is 18.5. The summed E-state index contributed by atoms with van der Waals surface area (Å²) in [6.07, 6.45) is 7.48. The van der Waals surface area contributed by atoms with E-state index in [1.165, 1.54) is 35.6 Å². The molecule has 0 unspecified atom stereocenters. The summed E-state index contributed by atoms with van der Waals surface area (Å²) >= 11 is 0. The van der Waals surface area contributed by atoms with Gasteiger partial charge in [0.1, 0.15) is 0 Å². The molecule has 0 N–H and O–H groups in total. The predicted octanol–water partition coefficient (Wildman–Crippen LogP) is 5.68. The molecule has 27 heavy (non-hydrogen) atoms. The molecule has 0 aromatic heterocycles. The lowest BCUT2D eigenvalue weighted by Gasteiger charge is -2.32. The summed E-state index contributed by atoms with van der Waals surface area (Å²) < 4.78 is 0. The Kier molecular flexibility index (Phi) is 5.34. The van der Waals surface area contributed by atoms with Crippen LogP contribution in [0.3, 0.4) is 0 Å². The second-order valence-corrected chi connectivity index (χ2v) is 7.40. The summed E-state index contributed by atoms with van der Waals surface area (Å²) in [5.41, 5.74) is 2.27. The van der Waals surface area contributed by atoms with Crippen LogP contribution in [-0.4, -0.2) is 17.4 Å². The lowest BCUT2D eigenvalue weighted by Crippen LogP contribution is -2.36. The molecule has 0 bridgehead atoms. The van der Waals surface area contributed by atoms with Gasteiger partial charge in [0.25, 0.3) is 0 Å². The Labute approximate surface area is 161 Å². The number of hydrogen-bond donors (Lipinski definition) is 0. The molecule has 1 saturated carbocycles. The van der Waals surface area contributed by atoms with Gasteiger partial charge >= 0.3 is 0 Å². The van der Waals surface area contributed by atoms with E-state index in [2.05, 4.69) is 36.4 Å². The smallest absolute Gasteiger partial charge is 0.246 e. The minimum Gasteiger partial charge on any atom is -0.335 e. The van der Waals surface area contributed by atoms with Gasteiger partial charge in [0.15, 0.2) is 0 Å². The third-order valence-corrected chi connectivity index (χ3v) is 5.46. The van der Waals surface area contributed by atoms with E-state index in [9.17, 15) is 4.79 Å². The van der Waals surface area contributed by atoms with E-state index in [4.69, 9.17) is 0 Å². The van der Waals surface area contributed by atoms with Crippen LogP contribution in [0.4, 0.5) is 0 Å². The molecule has 2 nitrogen and oxygen atoms in total. The molecule has 0 heterocycles. The van der Waals surface area contributed by atoms with E-state index in [0.29, 0.717) is 12.5 Å². The van der Waals surface area contributed by atoms with Crippen molar-refractivity contribution in [3.8, 4) is 0 Å². The molecule has 4 rings (SSSR count). The fourth-order valence-corrected chi connectivity index (χ4v) is 3.69. The molecule has 0 spiro atoms. The number of carbonyl (C=O) groups is 1. The highest BCUT2D eigenvalue weighted by Crippen LogP contribution is 2.28. The van der Waals surface area contributed by atoms with Gasteiger partial charge in [-0.1, -0.05) is 79.2 Å². The second kappa shape index (κ2) is 8.22. The number of rotatable bonds is 6. The van der Waals surface area contributed by atoms with Crippen molar-refractivity contribution in [3.63, 3.8) is 0 Å². The highest BCUT2D eigenvalue weighted by atomic mass is 16.2. The Bertz CT molecular complexity index is 935. The molecule has 0 atom stereocenters. The van der Waals surface area contributed by atoms with E-state index in [1.54, 1.807) is 6.08 Å². The van der Waals surface area contributed by atoms with E-state index >= 15 is 0 Å². The minimum absolute atomic E-state index is 0.0960. The summed E-state index contributed by atoms with van der Waals surface area (Å²) in [7, 11) is 0. The summed E-state index contributed by atoms with van der Waals surface area (Å²) in [6.45, 7) is 1.53. The monoisotopic (exact) mass is 355 g/mol. The normalized spacial score (nSPS) is 14.4. The van der Waals surface area contributed by atoms with Gasteiger partial charge < -0.3 is 4.90 Å². The van der Waals surface area contributed by atoms with Crippen molar-refractivity contribution < 1.29 is 4.79 Å². The van der Waals surface area contributed by atoms with Crippen LogP contribution in [0.2, 0.25) is 0 Å². The highest BCUT2D eigenvalue weighted by molar-refractivity contribution is 5.96. The largest absolute Gasteiger partial charge is 0.335 e. The average Bonchev–Trinajstić information content (AvgIpc) is 2.68. The molecule has 1 amide bonds. The highest BCUT2D eigenvalue weighted by Gasteiger charge is 2.22. The number of nitrogens with zero attached hydrogens (tertiary/aromatic N) is 1. The van der Waals surface area contributed by atoms with Crippen LogP contribution in [0.1, 0.15) is 30.4 Å². The zero-order valence-electron chi connectivity index (χ0n) is 15.6. The third kappa shape index (κ3) is 4.28. The van der Waals surface area contributed by atoms with Gasteiger partial charge in [0.2, 0.25) is 5.91 Å². The third-order valence-electron chi connectivity index (χ3n) is 5.46. The molecule has 0 aliphatic heterocycles. The Balaban J connectivity index is 1.54. The van der Waals surface area contributed by atoms with Crippen LogP contribution in [0, 0.1) is 5.92 Å². The van der Waals surface area contributed by atoms with Crippen LogP contribution < -0.4 is 0 Å². The predicted molar refractivity (Wildman–Crippen MR) is 112 cm³/mol. The zero-order valence-corrected chi connectivity index (χ0v) is 15.6. The molecule has 1 fully saturated rings. The van der Waals surface area contributed by atoms with Crippen molar-refractivity contribution in [3.05, 3.63) is 90.0 Å². The maximum atomic E-state index is 13.0. The van der Waals surface area contributed by atoms with Crippen LogP contribution >= 0.6 is 0 Å². The maximum absolute atomic E-state index is 13.0. The lowest BCUT2D eigenvalue weighted by atomic mass is 9.85. The number of fused-ring (bicyclic) bond motifs is 1. The Hall–Kier alpha value is -2.87. The molecule has 3 aromatic rings. The minimum atomic E-state index is 0.0960. The topological polar surface area (TPSA) is 20.3 Å². The van der Waals surface area contributed by atoms with Gasteiger partial charge in [-0.25, -0.2) is 0 Å². The fourth-order valence-electron chi connectivity index (χ4n) is 3.69. The summed E-state index contributed by atoms with van der Waals surface area (Å²) in [6, 6.07) is 24.8. The van der Waals surface area contributed by atoms with Crippen molar-refractivity contribution >= 4 is 22.8 Å². The van der Waals surface area contributed by atoms with Crippen LogP contribution in [0.5, 0.6) is 0 Å². The van der Waals surface area contributed by atoms with Crippen molar-refractivity contribution in [1.29, 1.82) is 0 Å². The van der Waals surface area contributed by atoms with Crippen molar-refractivity contribution in [1.82, 2.24) is 4.90 Å².